The van der Waals surface area contributed by atoms with E-state index >= 15 is 0 Å². The zero-order chi connectivity index (χ0) is 25.1. The van der Waals surface area contributed by atoms with E-state index in [0.29, 0.717) is 26.9 Å². The highest BCUT2D eigenvalue weighted by molar-refractivity contribution is 6.30. The van der Waals surface area contributed by atoms with Crippen LogP contribution in [-0.2, 0) is 16.6 Å². The lowest BCUT2D eigenvalue weighted by Crippen LogP contribution is -2.28. The third kappa shape index (κ3) is 4.78. The van der Waals surface area contributed by atoms with Crippen molar-refractivity contribution in [3.05, 3.63) is 99.4 Å². The van der Waals surface area contributed by atoms with Crippen molar-refractivity contribution in [1.29, 1.82) is 0 Å². The van der Waals surface area contributed by atoms with Crippen LogP contribution in [0.1, 0.15) is 20.8 Å². The third-order valence-electron chi connectivity index (χ3n) is 5.43. The molecule has 35 heavy (non-hydrogen) atoms. The molecule has 0 bridgehead atoms. The van der Waals surface area contributed by atoms with Crippen LogP contribution in [0.15, 0.2) is 77.6 Å². The molecule has 0 fully saturated rings. The fourth-order valence-corrected chi connectivity index (χ4v) is 3.93. The van der Waals surface area contributed by atoms with E-state index in [-0.39, 0.29) is 22.5 Å². The molecule has 2 amide bonds. The van der Waals surface area contributed by atoms with Crippen LogP contribution in [0.2, 0.25) is 5.02 Å². The maximum atomic E-state index is 13.2. The largest absolute Gasteiger partial charge is 0.451 e. The van der Waals surface area contributed by atoms with Crippen molar-refractivity contribution < 1.29 is 19.1 Å². The van der Waals surface area contributed by atoms with Gasteiger partial charge in [0.1, 0.15) is 5.69 Å². The van der Waals surface area contributed by atoms with E-state index in [2.05, 4.69) is 5.32 Å². The van der Waals surface area contributed by atoms with Crippen LogP contribution < -0.4 is 16.6 Å². The van der Waals surface area contributed by atoms with Crippen LogP contribution in [-0.4, -0.2) is 29.0 Å². The van der Waals surface area contributed by atoms with Crippen LogP contribution in [0.3, 0.4) is 0 Å². The Bertz CT molecular complexity index is 1530. The Kier molecular flexibility index (Phi) is 6.66. The number of ether oxygens (including phenoxy) is 1. The first-order valence-corrected chi connectivity index (χ1v) is 10.9. The SMILES string of the molecule is Cn1c(C(=O)OCC(=O)Nc2ccccc2C(N)=O)c(-c2ccc(Cl)cc2)c2ccccc2c1=O. The molecule has 3 N–H and O–H groups in total. The molecule has 4 aromatic rings. The minimum Gasteiger partial charge on any atom is -0.451 e. The summed E-state index contributed by atoms with van der Waals surface area (Å²) in [6.07, 6.45) is 0. The molecule has 0 saturated heterocycles. The molecular formula is C26H20ClN3O5. The number of hydrogen-bond donors (Lipinski definition) is 2. The molecule has 0 atom stereocenters. The van der Waals surface area contributed by atoms with Crippen LogP contribution in [0.5, 0.6) is 0 Å². The monoisotopic (exact) mass is 489 g/mol. The standard InChI is InChI=1S/C26H20ClN3O5/c1-30-23(26(34)35-14-21(31)29-20-9-5-4-8-19(20)24(28)32)22(15-10-12-16(27)13-11-15)17-6-2-3-7-18(17)25(30)33/h2-13H,14H2,1H3,(H2,28,32)(H,29,31). The van der Waals surface area contributed by atoms with E-state index in [9.17, 15) is 19.2 Å². The molecule has 8 nitrogen and oxygen atoms in total. The van der Waals surface area contributed by atoms with Crippen molar-refractivity contribution >= 4 is 45.8 Å². The molecule has 0 aliphatic carbocycles. The first kappa shape index (κ1) is 23.7. The number of amides is 2. The van der Waals surface area contributed by atoms with Gasteiger partial charge in [-0.1, -0.05) is 54.1 Å². The lowest BCUT2D eigenvalue weighted by molar-refractivity contribution is -0.119. The molecule has 4 rings (SSSR count). The Morgan fingerprint density at radius 1 is 0.943 bits per heavy atom. The van der Waals surface area contributed by atoms with Gasteiger partial charge in [-0.25, -0.2) is 4.79 Å². The van der Waals surface area contributed by atoms with E-state index in [4.69, 9.17) is 22.1 Å². The number of pyridine rings is 1. The number of nitrogens with one attached hydrogen (secondary N) is 1. The Hall–Kier alpha value is -4.43. The fraction of sp³-hybridized carbons (Fsp3) is 0.0769. The number of benzene rings is 3. The minimum absolute atomic E-state index is 0.0126. The van der Waals surface area contributed by atoms with Gasteiger partial charge in [0.05, 0.1) is 11.3 Å². The number of rotatable bonds is 6. The van der Waals surface area contributed by atoms with Crippen LogP contribution in [0.25, 0.3) is 21.9 Å². The number of carbonyl (C=O) groups excluding carboxylic acids is 3. The molecule has 3 aromatic carbocycles. The summed E-state index contributed by atoms with van der Waals surface area (Å²) in [5.41, 5.74) is 6.37. The van der Waals surface area contributed by atoms with Crippen LogP contribution in [0.4, 0.5) is 5.69 Å². The topological polar surface area (TPSA) is 120 Å². The van der Waals surface area contributed by atoms with Gasteiger partial charge in [0.15, 0.2) is 6.61 Å². The summed E-state index contributed by atoms with van der Waals surface area (Å²) >= 11 is 6.04. The van der Waals surface area contributed by atoms with Gasteiger partial charge < -0.3 is 20.4 Å². The highest BCUT2D eigenvalue weighted by Gasteiger charge is 2.24. The Balaban J connectivity index is 1.68. The van der Waals surface area contributed by atoms with Crippen LogP contribution >= 0.6 is 11.6 Å². The highest BCUT2D eigenvalue weighted by atomic mass is 35.5. The number of halogens is 1. The number of para-hydroxylation sites is 1. The number of esters is 1. The summed E-state index contributed by atoms with van der Waals surface area (Å²) in [4.78, 5) is 50.2. The first-order valence-electron chi connectivity index (χ1n) is 10.5. The summed E-state index contributed by atoms with van der Waals surface area (Å²) in [6.45, 7) is -0.646. The quantitative estimate of drug-likeness (QED) is 0.399. The van der Waals surface area contributed by atoms with E-state index in [1.165, 1.54) is 23.7 Å². The van der Waals surface area contributed by atoms with Crippen molar-refractivity contribution in [2.75, 3.05) is 11.9 Å². The molecule has 0 unspecified atom stereocenters. The number of aromatic nitrogens is 1. The molecule has 9 heteroatoms. The molecule has 0 radical (unpaired) electrons. The number of hydrogen-bond acceptors (Lipinski definition) is 5. The maximum absolute atomic E-state index is 13.2. The predicted octanol–water partition coefficient (Wildman–Crippen LogP) is 3.75. The normalized spacial score (nSPS) is 10.7. The lowest BCUT2D eigenvalue weighted by Gasteiger charge is -2.17. The van der Waals surface area contributed by atoms with Gasteiger partial charge in [-0.2, -0.15) is 0 Å². The van der Waals surface area contributed by atoms with Crippen molar-refractivity contribution in [3.8, 4) is 11.1 Å². The fourth-order valence-electron chi connectivity index (χ4n) is 3.81. The summed E-state index contributed by atoms with van der Waals surface area (Å²) < 4.78 is 6.48. The third-order valence-corrected chi connectivity index (χ3v) is 5.68. The van der Waals surface area contributed by atoms with Gasteiger partial charge in [0.25, 0.3) is 17.4 Å². The Morgan fingerprint density at radius 3 is 2.26 bits per heavy atom. The van der Waals surface area contributed by atoms with E-state index < -0.39 is 24.4 Å². The van der Waals surface area contributed by atoms with Crippen molar-refractivity contribution in [2.24, 2.45) is 12.8 Å². The molecule has 0 spiro atoms. The average molecular weight is 490 g/mol. The summed E-state index contributed by atoms with van der Waals surface area (Å²) in [6, 6.07) is 19.9. The number of fused-ring (bicyclic) bond motifs is 1. The number of anilines is 1. The number of carbonyl (C=O) groups is 3. The second kappa shape index (κ2) is 9.82. The molecule has 1 heterocycles. The zero-order valence-electron chi connectivity index (χ0n) is 18.6. The minimum atomic E-state index is -0.862. The van der Waals surface area contributed by atoms with E-state index in [1.807, 2.05) is 0 Å². The van der Waals surface area contributed by atoms with E-state index in [1.54, 1.807) is 60.7 Å². The molecule has 1 aromatic heterocycles. The van der Waals surface area contributed by atoms with Crippen molar-refractivity contribution in [3.63, 3.8) is 0 Å². The molecular weight excluding hydrogens is 470 g/mol. The number of nitrogens with zero attached hydrogens (tertiary/aromatic N) is 1. The highest BCUT2D eigenvalue weighted by Crippen LogP contribution is 2.31. The second-order valence-corrected chi connectivity index (χ2v) is 8.11. The lowest BCUT2D eigenvalue weighted by atomic mass is 9.97. The van der Waals surface area contributed by atoms with Crippen LogP contribution in [0, 0.1) is 0 Å². The molecule has 0 aliphatic rings. The summed E-state index contributed by atoms with van der Waals surface area (Å²) in [7, 11) is 1.47. The average Bonchev–Trinajstić information content (AvgIpc) is 2.85. The maximum Gasteiger partial charge on any atom is 0.356 e. The second-order valence-electron chi connectivity index (χ2n) is 7.67. The smallest absolute Gasteiger partial charge is 0.356 e. The predicted molar refractivity (Wildman–Crippen MR) is 134 cm³/mol. The van der Waals surface area contributed by atoms with Crippen molar-refractivity contribution in [1.82, 2.24) is 4.57 Å². The molecule has 0 saturated carbocycles. The Morgan fingerprint density at radius 2 is 1.57 bits per heavy atom. The van der Waals surface area contributed by atoms with Gasteiger partial charge in [-0.3, -0.25) is 14.4 Å². The summed E-state index contributed by atoms with van der Waals surface area (Å²) in [5.74, 6) is -2.25. The van der Waals surface area contributed by atoms with Gasteiger partial charge in [0.2, 0.25) is 0 Å². The van der Waals surface area contributed by atoms with Gasteiger partial charge in [-0.05, 0) is 41.3 Å². The van der Waals surface area contributed by atoms with Gasteiger partial charge in [-0.15, -0.1) is 0 Å². The molecule has 0 aliphatic heterocycles. The summed E-state index contributed by atoms with van der Waals surface area (Å²) in [5, 5.41) is 4.01. The van der Waals surface area contributed by atoms with E-state index in [0.717, 1.165) is 0 Å². The van der Waals surface area contributed by atoms with Crippen molar-refractivity contribution in [2.45, 2.75) is 0 Å². The van der Waals surface area contributed by atoms with Gasteiger partial charge >= 0.3 is 5.97 Å². The first-order chi connectivity index (χ1) is 16.8. The zero-order valence-corrected chi connectivity index (χ0v) is 19.3. The Labute approximate surface area is 204 Å². The number of primary amides is 1. The van der Waals surface area contributed by atoms with Gasteiger partial charge in [0, 0.05) is 23.0 Å². The molecule has 176 valence electrons. The number of nitrogens with two attached hydrogens (primary N) is 1.